The third-order valence-electron chi connectivity index (χ3n) is 10.2. The summed E-state index contributed by atoms with van der Waals surface area (Å²) >= 11 is 0. The number of esters is 3. The summed E-state index contributed by atoms with van der Waals surface area (Å²) in [5.41, 5.74) is 0. The Labute approximate surface area is 310 Å². The van der Waals surface area contributed by atoms with Crippen molar-refractivity contribution in [3.63, 3.8) is 0 Å². The van der Waals surface area contributed by atoms with Crippen molar-refractivity contribution in [1.82, 2.24) is 0 Å². The van der Waals surface area contributed by atoms with E-state index in [1.807, 2.05) is 0 Å². The molecule has 1 unspecified atom stereocenters. The van der Waals surface area contributed by atoms with Crippen LogP contribution in [0.2, 0.25) is 0 Å². The third-order valence-corrected chi connectivity index (χ3v) is 10.2. The Morgan fingerprint density at radius 2 is 0.700 bits per heavy atom. The Morgan fingerprint density at radius 1 is 0.400 bits per heavy atom. The van der Waals surface area contributed by atoms with Crippen LogP contribution in [-0.2, 0) is 28.6 Å². The van der Waals surface area contributed by atoms with Crippen molar-refractivity contribution >= 4 is 17.9 Å². The molecule has 0 aliphatic heterocycles. The molecule has 2 atom stereocenters. The highest BCUT2D eigenvalue weighted by molar-refractivity contribution is 5.71. The molecule has 0 saturated carbocycles. The van der Waals surface area contributed by atoms with Crippen molar-refractivity contribution in [3.05, 3.63) is 0 Å². The van der Waals surface area contributed by atoms with Crippen molar-refractivity contribution in [1.29, 1.82) is 0 Å². The average Bonchev–Trinajstić information content (AvgIpc) is 3.11. The zero-order chi connectivity index (χ0) is 36.8. The molecule has 0 spiro atoms. The summed E-state index contributed by atoms with van der Waals surface area (Å²) in [5, 5.41) is 0. The Bertz CT molecular complexity index is 753. The first kappa shape index (κ1) is 48.4. The number of hydrogen-bond acceptors (Lipinski definition) is 6. The Morgan fingerprint density at radius 3 is 1.04 bits per heavy atom. The average molecular weight is 709 g/mol. The van der Waals surface area contributed by atoms with E-state index >= 15 is 0 Å². The van der Waals surface area contributed by atoms with E-state index in [2.05, 4.69) is 27.7 Å². The first-order valence-corrected chi connectivity index (χ1v) is 21.9. The number of hydrogen-bond donors (Lipinski definition) is 0. The lowest BCUT2D eigenvalue weighted by Crippen LogP contribution is -2.30. The lowest BCUT2D eigenvalue weighted by Gasteiger charge is -2.18. The molecule has 0 aromatic rings. The fourth-order valence-electron chi connectivity index (χ4n) is 6.42. The molecule has 0 fully saturated rings. The van der Waals surface area contributed by atoms with Crippen LogP contribution >= 0.6 is 0 Å². The molecule has 0 aromatic heterocycles. The molecule has 0 radical (unpaired) electrons. The van der Waals surface area contributed by atoms with E-state index in [1.54, 1.807) is 0 Å². The van der Waals surface area contributed by atoms with Crippen molar-refractivity contribution in [2.75, 3.05) is 13.2 Å². The number of unbranched alkanes of at least 4 members (excludes halogenated alkanes) is 25. The second kappa shape index (κ2) is 38.6. The molecule has 0 aliphatic rings. The summed E-state index contributed by atoms with van der Waals surface area (Å²) in [6.45, 7) is 8.91. The molecule has 0 aromatic carbocycles. The van der Waals surface area contributed by atoms with Gasteiger partial charge in [0.2, 0.25) is 0 Å². The van der Waals surface area contributed by atoms with Crippen LogP contribution in [0.25, 0.3) is 0 Å². The predicted octanol–water partition coefficient (Wildman–Crippen LogP) is 13.6. The summed E-state index contributed by atoms with van der Waals surface area (Å²) in [5.74, 6) is -0.0235. The Kier molecular flexibility index (Phi) is 37.4. The summed E-state index contributed by atoms with van der Waals surface area (Å²) in [7, 11) is 0. The molecule has 0 N–H and O–H groups in total. The van der Waals surface area contributed by atoms with Crippen molar-refractivity contribution in [2.24, 2.45) is 5.92 Å². The van der Waals surface area contributed by atoms with Gasteiger partial charge in [-0.2, -0.15) is 0 Å². The molecule has 0 saturated heterocycles. The first-order chi connectivity index (χ1) is 24.4. The number of rotatable bonds is 39. The summed E-state index contributed by atoms with van der Waals surface area (Å²) in [6.07, 6.45) is 36.8. The highest BCUT2D eigenvalue weighted by Gasteiger charge is 2.19. The molecule has 0 amide bonds. The van der Waals surface area contributed by atoms with E-state index in [4.69, 9.17) is 14.2 Å². The van der Waals surface area contributed by atoms with Crippen molar-refractivity contribution in [3.8, 4) is 0 Å². The summed E-state index contributed by atoms with van der Waals surface area (Å²) in [4.78, 5) is 37.4. The molecule has 296 valence electrons. The standard InChI is InChI=1S/C44H84O6/c1-5-8-10-12-13-14-15-16-17-18-19-20-25-29-33-37-44(47)50-41(38-48-42(45)35-31-26-11-9-6-2)39-49-43(46)36-32-28-24-22-21-23-27-30-34-40(4)7-3/h40-41H,5-39H2,1-4H3/t40?,41-/m0/s1. The molecule has 6 heteroatoms. The maximum absolute atomic E-state index is 12.6. The quantitative estimate of drug-likeness (QED) is 0.0359. The molecular weight excluding hydrogens is 624 g/mol. The monoisotopic (exact) mass is 709 g/mol. The van der Waals surface area contributed by atoms with Crippen molar-refractivity contribution < 1.29 is 28.6 Å². The Balaban J connectivity index is 4.21. The molecule has 0 heterocycles. The fourth-order valence-corrected chi connectivity index (χ4v) is 6.42. The van der Waals surface area contributed by atoms with Gasteiger partial charge < -0.3 is 14.2 Å². The highest BCUT2D eigenvalue weighted by atomic mass is 16.6. The molecular formula is C44H84O6. The number of carbonyl (C=O) groups excluding carboxylic acids is 3. The minimum Gasteiger partial charge on any atom is -0.462 e. The molecule has 0 bridgehead atoms. The number of carbonyl (C=O) groups is 3. The van der Waals surface area contributed by atoms with Crippen LogP contribution in [0, 0.1) is 5.92 Å². The minimum atomic E-state index is -0.757. The number of ether oxygens (including phenoxy) is 3. The van der Waals surface area contributed by atoms with Crippen LogP contribution in [0.1, 0.15) is 240 Å². The minimum absolute atomic E-state index is 0.0656. The van der Waals surface area contributed by atoms with Gasteiger partial charge in [0.15, 0.2) is 6.10 Å². The van der Waals surface area contributed by atoms with Gasteiger partial charge in [-0.15, -0.1) is 0 Å². The highest BCUT2D eigenvalue weighted by Crippen LogP contribution is 2.16. The zero-order valence-corrected chi connectivity index (χ0v) is 33.9. The Hall–Kier alpha value is -1.59. The summed E-state index contributed by atoms with van der Waals surface area (Å²) < 4.78 is 16.6. The molecule has 0 aliphatic carbocycles. The predicted molar refractivity (Wildman–Crippen MR) is 210 cm³/mol. The van der Waals surface area contributed by atoms with Gasteiger partial charge in [-0.25, -0.2) is 0 Å². The SMILES string of the molecule is CCCCCCCCCCCCCCCCCC(=O)O[C@@H](COC(=O)CCCCCCC)COC(=O)CCCCCCCCCCC(C)CC. The van der Waals surface area contributed by atoms with Gasteiger partial charge in [0, 0.05) is 19.3 Å². The molecule has 50 heavy (non-hydrogen) atoms. The van der Waals surface area contributed by atoms with E-state index in [-0.39, 0.29) is 31.1 Å². The second-order valence-corrected chi connectivity index (χ2v) is 15.2. The topological polar surface area (TPSA) is 78.9 Å². The van der Waals surface area contributed by atoms with Gasteiger partial charge in [-0.3, -0.25) is 14.4 Å². The van der Waals surface area contributed by atoms with Gasteiger partial charge >= 0.3 is 17.9 Å². The fraction of sp³-hybridized carbons (Fsp3) is 0.932. The largest absolute Gasteiger partial charge is 0.462 e. The van der Waals surface area contributed by atoms with Gasteiger partial charge in [-0.1, -0.05) is 201 Å². The molecule has 0 rings (SSSR count). The normalized spacial score (nSPS) is 12.5. The van der Waals surface area contributed by atoms with Gasteiger partial charge in [-0.05, 0) is 25.2 Å². The van der Waals surface area contributed by atoms with Crippen LogP contribution in [0.3, 0.4) is 0 Å². The second-order valence-electron chi connectivity index (χ2n) is 15.2. The lowest BCUT2D eigenvalue weighted by atomic mass is 9.99. The maximum atomic E-state index is 12.6. The van der Waals surface area contributed by atoms with Crippen LogP contribution in [0.4, 0.5) is 0 Å². The van der Waals surface area contributed by atoms with E-state index in [9.17, 15) is 14.4 Å². The third kappa shape index (κ3) is 36.2. The van der Waals surface area contributed by atoms with Crippen LogP contribution in [-0.4, -0.2) is 37.2 Å². The maximum Gasteiger partial charge on any atom is 0.306 e. The first-order valence-electron chi connectivity index (χ1n) is 21.9. The van der Waals surface area contributed by atoms with Crippen LogP contribution < -0.4 is 0 Å². The van der Waals surface area contributed by atoms with Gasteiger partial charge in [0.05, 0.1) is 0 Å². The van der Waals surface area contributed by atoms with Crippen LogP contribution in [0.15, 0.2) is 0 Å². The molecule has 6 nitrogen and oxygen atoms in total. The van der Waals surface area contributed by atoms with Gasteiger partial charge in [0.1, 0.15) is 13.2 Å². The lowest BCUT2D eigenvalue weighted by molar-refractivity contribution is -0.167. The van der Waals surface area contributed by atoms with Gasteiger partial charge in [0.25, 0.3) is 0 Å². The summed E-state index contributed by atoms with van der Waals surface area (Å²) in [6, 6.07) is 0. The van der Waals surface area contributed by atoms with Crippen molar-refractivity contribution in [2.45, 2.75) is 246 Å². The van der Waals surface area contributed by atoms with Crippen LogP contribution in [0.5, 0.6) is 0 Å². The van der Waals surface area contributed by atoms with E-state index in [1.165, 1.54) is 128 Å². The smallest absolute Gasteiger partial charge is 0.306 e. The van der Waals surface area contributed by atoms with E-state index in [0.29, 0.717) is 19.3 Å². The van der Waals surface area contributed by atoms with E-state index < -0.39 is 6.10 Å². The van der Waals surface area contributed by atoms with E-state index in [0.717, 1.165) is 70.1 Å². The zero-order valence-electron chi connectivity index (χ0n) is 33.9.